The second-order valence-electron chi connectivity index (χ2n) is 13.9. The summed E-state index contributed by atoms with van der Waals surface area (Å²) < 4.78 is 6.81. The lowest BCUT2D eigenvalue weighted by Crippen LogP contribution is -2.01. The van der Waals surface area contributed by atoms with E-state index in [2.05, 4.69) is 159 Å². The zero-order valence-electron chi connectivity index (χ0n) is 29.5. The predicted molar refractivity (Wildman–Crippen MR) is 224 cm³/mol. The number of aromatic nitrogens is 3. The van der Waals surface area contributed by atoms with Gasteiger partial charge >= 0.3 is 0 Å². The van der Waals surface area contributed by atoms with Crippen LogP contribution in [0.4, 0.5) is 0 Å². The third-order valence-corrected chi connectivity index (χ3v) is 11.1. The van der Waals surface area contributed by atoms with Crippen molar-refractivity contribution >= 4 is 65.4 Å². The summed E-state index contributed by atoms with van der Waals surface area (Å²) in [5, 5.41) is 27.9. The fourth-order valence-corrected chi connectivity index (χ4v) is 8.89. The zero-order valence-corrected chi connectivity index (χ0v) is 29.5. The summed E-state index contributed by atoms with van der Waals surface area (Å²) in [5.41, 5.74) is 12.2. The molecule has 0 aliphatic heterocycles. The van der Waals surface area contributed by atoms with E-state index in [0.29, 0.717) is 11.1 Å². The Morgan fingerprint density at radius 3 is 1.53 bits per heavy atom. The molecule has 3 aromatic heterocycles. The lowest BCUT2D eigenvalue weighted by molar-refractivity contribution is 1.16. The number of nitriles is 2. The summed E-state index contributed by atoms with van der Waals surface area (Å²) in [4.78, 5) is 0. The van der Waals surface area contributed by atoms with Crippen LogP contribution < -0.4 is 0 Å². The molecule has 11 aromatic rings. The second kappa shape index (κ2) is 11.8. The summed E-state index contributed by atoms with van der Waals surface area (Å²) in [6, 6.07) is 65.8. The third kappa shape index (κ3) is 4.33. The quantitative estimate of drug-likeness (QED) is 0.184. The molecule has 8 aromatic carbocycles. The molecule has 5 nitrogen and oxygen atoms in total. The molecule has 0 aliphatic rings. The van der Waals surface area contributed by atoms with Crippen molar-refractivity contribution in [2.75, 3.05) is 0 Å². The van der Waals surface area contributed by atoms with Gasteiger partial charge in [-0.3, -0.25) is 0 Å². The van der Waals surface area contributed by atoms with Crippen molar-refractivity contribution in [2.45, 2.75) is 0 Å². The van der Waals surface area contributed by atoms with Crippen molar-refractivity contribution < 1.29 is 0 Å². The van der Waals surface area contributed by atoms with Gasteiger partial charge in [-0.15, -0.1) is 0 Å². The van der Waals surface area contributed by atoms with Gasteiger partial charge in [0.25, 0.3) is 0 Å². The highest BCUT2D eigenvalue weighted by atomic mass is 15.0. The molecule has 11 rings (SSSR count). The number of hydrogen-bond acceptors (Lipinski definition) is 2. The Bertz CT molecular complexity index is 3420. The van der Waals surface area contributed by atoms with Crippen molar-refractivity contribution in [1.29, 1.82) is 10.5 Å². The molecule has 0 fully saturated rings. The summed E-state index contributed by atoms with van der Waals surface area (Å²) in [5.74, 6) is 0. The molecule has 3 heterocycles. The van der Waals surface area contributed by atoms with Gasteiger partial charge in [-0.05, 0) is 66.2 Å². The SMILES string of the molecule is N#Cc1cc(-c2ccccc2-n2c3ccccc3c3cccc(C#N)c32)ccc1-n1c2ccccc2c2c(-n3c4ccccc4c4ccccc43)cccc21. The van der Waals surface area contributed by atoms with E-state index in [9.17, 15) is 10.5 Å². The van der Waals surface area contributed by atoms with E-state index in [1.54, 1.807) is 0 Å². The normalized spacial score (nSPS) is 11.6. The van der Waals surface area contributed by atoms with Crippen LogP contribution in [0.2, 0.25) is 0 Å². The Balaban J connectivity index is 1.15. The molecule has 0 amide bonds. The Hall–Kier alpha value is -7.86. The molecular formula is C50H29N5. The lowest BCUT2D eigenvalue weighted by Gasteiger charge is -2.16. The number of benzene rings is 8. The van der Waals surface area contributed by atoms with E-state index in [1.807, 2.05) is 42.5 Å². The van der Waals surface area contributed by atoms with Crippen LogP contribution in [0.5, 0.6) is 0 Å². The monoisotopic (exact) mass is 699 g/mol. The Kier molecular flexibility index (Phi) is 6.61. The average molecular weight is 700 g/mol. The topological polar surface area (TPSA) is 62.4 Å². The van der Waals surface area contributed by atoms with Crippen LogP contribution in [0.15, 0.2) is 176 Å². The first-order chi connectivity index (χ1) is 27.2. The first-order valence-electron chi connectivity index (χ1n) is 18.3. The lowest BCUT2D eigenvalue weighted by atomic mass is 10.00. The molecule has 254 valence electrons. The van der Waals surface area contributed by atoms with Crippen LogP contribution in [0.1, 0.15) is 11.1 Å². The summed E-state index contributed by atoms with van der Waals surface area (Å²) in [7, 11) is 0. The molecule has 0 N–H and O–H groups in total. The maximum Gasteiger partial charge on any atom is 0.101 e. The molecule has 0 bridgehead atoms. The summed E-state index contributed by atoms with van der Waals surface area (Å²) in [6.07, 6.45) is 0. The van der Waals surface area contributed by atoms with Crippen LogP contribution in [0.3, 0.4) is 0 Å². The van der Waals surface area contributed by atoms with Gasteiger partial charge in [-0.1, -0.05) is 115 Å². The van der Waals surface area contributed by atoms with E-state index in [-0.39, 0.29) is 0 Å². The highest BCUT2D eigenvalue weighted by molar-refractivity contribution is 6.17. The van der Waals surface area contributed by atoms with Gasteiger partial charge < -0.3 is 13.7 Å². The minimum Gasteiger partial charge on any atom is -0.309 e. The van der Waals surface area contributed by atoms with Gasteiger partial charge in [-0.2, -0.15) is 10.5 Å². The van der Waals surface area contributed by atoms with E-state index in [0.717, 1.165) is 82.8 Å². The molecule has 0 aliphatic carbocycles. The van der Waals surface area contributed by atoms with Gasteiger partial charge in [0.2, 0.25) is 0 Å². The minimum absolute atomic E-state index is 0.567. The molecule has 0 spiro atoms. The molecule has 5 heteroatoms. The minimum atomic E-state index is 0.567. The number of rotatable bonds is 4. The van der Waals surface area contributed by atoms with Gasteiger partial charge in [0.1, 0.15) is 12.1 Å². The standard InChI is InChI=1S/C50H29N5/c51-30-33-13-11-19-39-38-17-4-9-23-45(38)55(50(33)39)42-20-6-1-14-35(42)32-27-28-41(34(29-32)31-52)53-46-24-10-5-18-40(46)49-47(53)25-12-26-48(49)54-43-21-7-2-15-36(43)37-16-3-8-22-44(37)54/h1-29H. The maximum absolute atomic E-state index is 10.9. The van der Waals surface area contributed by atoms with E-state index in [4.69, 9.17) is 0 Å². The first-order valence-corrected chi connectivity index (χ1v) is 18.3. The Labute approximate surface area is 316 Å². The summed E-state index contributed by atoms with van der Waals surface area (Å²) in [6.45, 7) is 0. The molecule has 0 atom stereocenters. The number of para-hydroxylation sites is 6. The van der Waals surface area contributed by atoms with Crippen molar-refractivity contribution in [1.82, 2.24) is 13.7 Å². The third-order valence-electron chi connectivity index (χ3n) is 11.1. The number of nitrogens with zero attached hydrogens (tertiary/aromatic N) is 5. The van der Waals surface area contributed by atoms with Crippen molar-refractivity contribution in [3.8, 4) is 40.3 Å². The van der Waals surface area contributed by atoms with E-state index < -0.39 is 0 Å². The fourth-order valence-electron chi connectivity index (χ4n) is 8.89. The molecule has 55 heavy (non-hydrogen) atoms. The largest absolute Gasteiger partial charge is 0.309 e. The highest BCUT2D eigenvalue weighted by Gasteiger charge is 2.22. The molecular weight excluding hydrogens is 671 g/mol. The number of fused-ring (bicyclic) bond motifs is 9. The van der Waals surface area contributed by atoms with E-state index in [1.165, 1.54) is 10.8 Å². The number of hydrogen-bond donors (Lipinski definition) is 0. The van der Waals surface area contributed by atoms with Gasteiger partial charge in [0.15, 0.2) is 0 Å². The smallest absolute Gasteiger partial charge is 0.101 e. The van der Waals surface area contributed by atoms with Crippen LogP contribution in [-0.2, 0) is 0 Å². The van der Waals surface area contributed by atoms with Crippen LogP contribution in [0.25, 0.3) is 93.6 Å². The molecule has 0 radical (unpaired) electrons. The molecule has 0 unspecified atom stereocenters. The first kappa shape index (κ1) is 30.7. The average Bonchev–Trinajstić information content (AvgIpc) is 3.89. The fraction of sp³-hybridized carbons (Fsp3) is 0. The van der Waals surface area contributed by atoms with Crippen molar-refractivity contribution in [2.24, 2.45) is 0 Å². The van der Waals surface area contributed by atoms with Crippen molar-refractivity contribution in [3.63, 3.8) is 0 Å². The second-order valence-corrected chi connectivity index (χ2v) is 13.9. The Morgan fingerprint density at radius 2 is 0.836 bits per heavy atom. The summed E-state index contributed by atoms with van der Waals surface area (Å²) >= 11 is 0. The van der Waals surface area contributed by atoms with Gasteiger partial charge in [0.05, 0.1) is 61.3 Å². The van der Waals surface area contributed by atoms with Gasteiger partial charge in [0, 0.05) is 37.9 Å². The van der Waals surface area contributed by atoms with Crippen LogP contribution in [-0.4, -0.2) is 13.7 Å². The van der Waals surface area contributed by atoms with E-state index >= 15 is 0 Å². The van der Waals surface area contributed by atoms with Gasteiger partial charge in [-0.25, -0.2) is 0 Å². The Morgan fingerprint density at radius 1 is 0.345 bits per heavy atom. The highest BCUT2D eigenvalue weighted by Crippen LogP contribution is 2.42. The van der Waals surface area contributed by atoms with Crippen molar-refractivity contribution in [3.05, 3.63) is 187 Å². The zero-order chi connectivity index (χ0) is 36.6. The molecule has 0 saturated carbocycles. The maximum atomic E-state index is 10.9. The van der Waals surface area contributed by atoms with Crippen LogP contribution >= 0.6 is 0 Å². The molecule has 0 saturated heterocycles. The predicted octanol–water partition coefficient (Wildman–Crippen LogP) is 12.4. The van der Waals surface area contributed by atoms with Crippen LogP contribution in [0, 0.1) is 22.7 Å².